The highest BCUT2D eigenvalue weighted by Crippen LogP contribution is 2.27. The Morgan fingerprint density at radius 3 is 2.56 bits per heavy atom. The van der Waals surface area contributed by atoms with Crippen molar-refractivity contribution in [2.75, 3.05) is 11.4 Å². The Kier molecular flexibility index (Phi) is 3.11. The molecule has 4 nitrogen and oxygen atoms in total. The van der Waals surface area contributed by atoms with Crippen molar-refractivity contribution < 1.29 is 9.59 Å². The molecule has 1 aliphatic heterocycles. The van der Waals surface area contributed by atoms with Crippen LogP contribution in [0.3, 0.4) is 0 Å². The maximum absolute atomic E-state index is 12.1. The van der Waals surface area contributed by atoms with E-state index in [4.69, 9.17) is 0 Å². The fourth-order valence-corrected chi connectivity index (χ4v) is 2.07. The molecule has 0 bridgehead atoms. The Bertz CT molecular complexity index is 489. The summed E-state index contributed by atoms with van der Waals surface area (Å²) < 4.78 is 0. The SMILES string of the molecule is CC(C)(C)NC(=O)C(=O)N1CCc2ccccc21. The standard InChI is InChI=1S/C14H18N2O2/c1-14(2,3)15-12(17)13(18)16-9-8-10-6-4-5-7-11(10)16/h4-7H,8-9H2,1-3H3,(H,15,17). The molecule has 0 spiro atoms. The zero-order valence-corrected chi connectivity index (χ0v) is 11.0. The summed E-state index contributed by atoms with van der Waals surface area (Å²) in [5.41, 5.74) is 1.58. The third kappa shape index (κ3) is 2.53. The van der Waals surface area contributed by atoms with Gasteiger partial charge in [-0.05, 0) is 38.8 Å². The van der Waals surface area contributed by atoms with Crippen molar-refractivity contribution in [1.29, 1.82) is 0 Å². The monoisotopic (exact) mass is 246 g/mol. The van der Waals surface area contributed by atoms with E-state index in [-0.39, 0.29) is 0 Å². The summed E-state index contributed by atoms with van der Waals surface area (Å²) in [5.74, 6) is -1.02. The van der Waals surface area contributed by atoms with Crippen molar-refractivity contribution in [2.45, 2.75) is 32.7 Å². The fourth-order valence-electron chi connectivity index (χ4n) is 2.07. The Balaban J connectivity index is 2.15. The summed E-state index contributed by atoms with van der Waals surface area (Å²) in [4.78, 5) is 25.5. The van der Waals surface area contributed by atoms with Crippen molar-refractivity contribution in [3.8, 4) is 0 Å². The van der Waals surface area contributed by atoms with Gasteiger partial charge in [-0.25, -0.2) is 0 Å². The Morgan fingerprint density at radius 1 is 1.22 bits per heavy atom. The first-order chi connectivity index (χ1) is 8.38. The number of carbonyl (C=O) groups excluding carboxylic acids is 2. The van der Waals surface area contributed by atoms with Gasteiger partial charge in [-0.2, -0.15) is 0 Å². The molecule has 1 N–H and O–H groups in total. The molecule has 0 aliphatic carbocycles. The van der Waals surface area contributed by atoms with E-state index in [0.29, 0.717) is 6.54 Å². The molecule has 96 valence electrons. The van der Waals surface area contributed by atoms with Crippen LogP contribution >= 0.6 is 0 Å². The lowest BCUT2D eigenvalue weighted by Gasteiger charge is -2.23. The molecule has 0 aromatic heterocycles. The third-order valence-corrected chi connectivity index (χ3v) is 2.82. The van der Waals surface area contributed by atoms with Gasteiger partial charge in [0.05, 0.1) is 0 Å². The molecule has 0 saturated heterocycles. The molecule has 18 heavy (non-hydrogen) atoms. The number of rotatable bonds is 0. The summed E-state index contributed by atoms with van der Waals surface area (Å²) in [7, 11) is 0. The summed E-state index contributed by atoms with van der Waals surface area (Å²) in [6.45, 7) is 6.15. The summed E-state index contributed by atoms with van der Waals surface area (Å²) in [6, 6.07) is 7.70. The van der Waals surface area contributed by atoms with Crippen LogP contribution < -0.4 is 10.2 Å². The summed E-state index contributed by atoms with van der Waals surface area (Å²) >= 11 is 0. The minimum Gasteiger partial charge on any atom is -0.343 e. The van der Waals surface area contributed by atoms with Crippen LogP contribution in [0.4, 0.5) is 5.69 Å². The van der Waals surface area contributed by atoms with Crippen molar-refractivity contribution in [2.24, 2.45) is 0 Å². The van der Waals surface area contributed by atoms with Crippen LogP contribution in [-0.2, 0) is 16.0 Å². The van der Waals surface area contributed by atoms with E-state index in [0.717, 1.165) is 17.7 Å². The fraction of sp³-hybridized carbons (Fsp3) is 0.429. The average molecular weight is 246 g/mol. The zero-order chi connectivity index (χ0) is 13.3. The van der Waals surface area contributed by atoms with E-state index in [1.807, 2.05) is 45.0 Å². The lowest BCUT2D eigenvalue weighted by atomic mass is 10.1. The number of fused-ring (bicyclic) bond motifs is 1. The molecule has 1 aromatic carbocycles. The maximum atomic E-state index is 12.1. The summed E-state index contributed by atoms with van der Waals surface area (Å²) in [5, 5.41) is 2.70. The van der Waals surface area contributed by atoms with Crippen molar-refractivity contribution in [3.63, 3.8) is 0 Å². The van der Waals surface area contributed by atoms with Crippen LogP contribution in [0.5, 0.6) is 0 Å². The number of nitrogens with one attached hydrogen (secondary N) is 1. The summed E-state index contributed by atoms with van der Waals surface area (Å²) in [6.07, 6.45) is 0.810. The van der Waals surface area contributed by atoms with Gasteiger partial charge in [-0.1, -0.05) is 18.2 Å². The predicted octanol–water partition coefficient (Wildman–Crippen LogP) is 1.49. The maximum Gasteiger partial charge on any atom is 0.316 e. The molecule has 1 aliphatic rings. The second-order valence-electron chi connectivity index (χ2n) is 5.54. The molecule has 2 amide bonds. The van der Waals surface area contributed by atoms with Crippen LogP contribution in [0.2, 0.25) is 0 Å². The number of nitrogens with zero attached hydrogens (tertiary/aromatic N) is 1. The highest BCUT2D eigenvalue weighted by molar-refractivity contribution is 6.40. The molecule has 2 rings (SSSR count). The van der Waals surface area contributed by atoms with E-state index >= 15 is 0 Å². The number of hydrogen-bond acceptors (Lipinski definition) is 2. The second-order valence-corrected chi connectivity index (χ2v) is 5.54. The van der Waals surface area contributed by atoms with Gasteiger partial charge in [-0.15, -0.1) is 0 Å². The molecule has 1 aromatic rings. The van der Waals surface area contributed by atoms with Crippen LogP contribution in [0.15, 0.2) is 24.3 Å². The molecule has 4 heteroatoms. The largest absolute Gasteiger partial charge is 0.343 e. The van der Waals surface area contributed by atoms with E-state index < -0.39 is 17.4 Å². The lowest BCUT2D eigenvalue weighted by molar-refractivity contribution is -0.138. The number of para-hydroxylation sites is 1. The molecule has 0 fully saturated rings. The molecular formula is C14H18N2O2. The Labute approximate surface area is 107 Å². The smallest absolute Gasteiger partial charge is 0.316 e. The van der Waals surface area contributed by atoms with Gasteiger partial charge >= 0.3 is 11.8 Å². The molecule has 0 unspecified atom stereocenters. The molecule has 0 atom stereocenters. The Morgan fingerprint density at radius 2 is 1.89 bits per heavy atom. The van der Waals surface area contributed by atoms with Crippen LogP contribution in [0.1, 0.15) is 26.3 Å². The van der Waals surface area contributed by atoms with Gasteiger partial charge in [-0.3, -0.25) is 9.59 Å². The number of anilines is 1. The highest BCUT2D eigenvalue weighted by Gasteiger charge is 2.30. The average Bonchev–Trinajstić information content (AvgIpc) is 2.69. The number of benzene rings is 1. The number of hydrogen-bond donors (Lipinski definition) is 1. The lowest BCUT2D eigenvalue weighted by Crippen LogP contribution is -2.49. The van der Waals surface area contributed by atoms with Gasteiger partial charge in [0.15, 0.2) is 0 Å². The van der Waals surface area contributed by atoms with Gasteiger partial charge in [0.2, 0.25) is 0 Å². The van der Waals surface area contributed by atoms with Crippen molar-refractivity contribution in [1.82, 2.24) is 5.32 Å². The van der Waals surface area contributed by atoms with Crippen LogP contribution in [-0.4, -0.2) is 23.9 Å². The molecular weight excluding hydrogens is 228 g/mol. The first-order valence-corrected chi connectivity index (χ1v) is 6.10. The minimum absolute atomic E-state index is 0.397. The first kappa shape index (κ1) is 12.6. The van der Waals surface area contributed by atoms with E-state index in [1.165, 1.54) is 0 Å². The van der Waals surface area contributed by atoms with E-state index in [2.05, 4.69) is 5.32 Å². The number of amides is 2. The number of carbonyl (C=O) groups is 2. The quantitative estimate of drug-likeness (QED) is 0.705. The zero-order valence-electron chi connectivity index (χ0n) is 11.0. The third-order valence-electron chi connectivity index (χ3n) is 2.82. The minimum atomic E-state index is -0.542. The van der Waals surface area contributed by atoms with Crippen molar-refractivity contribution >= 4 is 17.5 Å². The van der Waals surface area contributed by atoms with Gasteiger partial charge in [0.25, 0.3) is 0 Å². The van der Waals surface area contributed by atoms with Crippen LogP contribution in [0.25, 0.3) is 0 Å². The molecule has 0 radical (unpaired) electrons. The van der Waals surface area contributed by atoms with Gasteiger partial charge in [0.1, 0.15) is 0 Å². The van der Waals surface area contributed by atoms with Crippen LogP contribution in [0, 0.1) is 0 Å². The predicted molar refractivity (Wildman–Crippen MR) is 70.4 cm³/mol. The second kappa shape index (κ2) is 4.44. The highest BCUT2D eigenvalue weighted by atomic mass is 16.2. The Hall–Kier alpha value is -1.84. The molecule has 0 saturated carbocycles. The normalized spacial score (nSPS) is 14.3. The first-order valence-electron chi connectivity index (χ1n) is 6.10. The van der Waals surface area contributed by atoms with Crippen molar-refractivity contribution in [3.05, 3.63) is 29.8 Å². The van der Waals surface area contributed by atoms with E-state index in [9.17, 15) is 9.59 Å². The van der Waals surface area contributed by atoms with E-state index in [1.54, 1.807) is 4.90 Å². The topological polar surface area (TPSA) is 49.4 Å². The molecule has 1 heterocycles. The van der Waals surface area contributed by atoms with Gasteiger partial charge < -0.3 is 10.2 Å². The van der Waals surface area contributed by atoms with Gasteiger partial charge in [0, 0.05) is 17.8 Å².